The van der Waals surface area contributed by atoms with Crippen molar-refractivity contribution in [3.05, 3.63) is 73.6 Å². The lowest BCUT2D eigenvalue weighted by atomic mass is 9.90. The number of halogens is 1. The highest BCUT2D eigenvalue weighted by Gasteiger charge is 2.17. The average Bonchev–Trinajstić information content (AvgIpc) is 3.15. The summed E-state index contributed by atoms with van der Waals surface area (Å²) in [4.78, 5) is 27.2. The van der Waals surface area contributed by atoms with E-state index in [0.29, 0.717) is 5.13 Å². The van der Waals surface area contributed by atoms with Crippen molar-refractivity contribution >= 4 is 39.7 Å². The average molecular weight is 414 g/mol. The van der Waals surface area contributed by atoms with Crippen molar-refractivity contribution in [2.75, 3.05) is 5.32 Å². The molecule has 1 heterocycles. The maximum absolute atomic E-state index is 12.5. The van der Waals surface area contributed by atoms with E-state index in [1.807, 2.05) is 5.38 Å². The van der Waals surface area contributed by atoms with E-state index in [2.05, 4.69) is 28.5 Å². The molecule has 0 fully saturated rings. The van der Waals surface area contributed by atoms with Crippen molar-refractivity contribution in [2.45, 2.75) is 25.7 Å². The lowest BCUT2D eigenvalue weighted by Crippen LogP contribution is -2.12. The molecule has 0 radical (unpaired) electrons. The Hall–Kier alpha value is -2.77. The quantitative estimate of drug-likeness (QED) is 0.451. The van der Waals surface area contributed by atoms with Gasteiger partial charge in [-0.25, -0.2) is 4.98 Å². The fourth-order valence-corrected chi connectivity index (χ4v) is 4.30. The monoisotopic (exact) mass is 413 g/mol. The standard InChI is InChI=1S/C20H16ClN3O3S/c21-17-10-15(24(26)27)7-8-16(17)19(25)23-20-22-18(11-28-20)14-6-5-12-3-1-2-4-13(12)9-14/h5-11H,1-4H2,(H,22,23,25). The van der Waals surface area contributed by atoms with Gasteiger partial charge in [0.2, 0.25) is 0 Å². The normalized spacial score (nSPS) is 13.0. The fourth-order valence-electron chi connectivity index (χ4n) is 3.32. The lowest BCUT2D eigenvalue weighted by molar-refractivity contribution is -0.384. The van der Waals surface area contributed by atoms with Crippen LogP contribution in [0.2, 0.25) is 5.02 Å². The van der Waals surface area contributed by atoms with Gasteiger partial charge in [-0.2, -0.15) is 0 Å². The number of thiazole rings is 1. The minimum absolute atomic E-state index is 0.0261. The van der Waals surface area contributed by atoms with Gasteiger partial charge < -0.3 is 0 Å². The van der Waals surface area contributed by atoms with E-state index in [1.54, 1.807) is 0 Å². The molecule has 0 aliphatic heterocycles. The number of fused-ring (bicyclic) bond motifs is 1. The zero-order valence-corrected chi connectivity index (χ0v) is 16.3. The first-order chi connectivity index (χ1) is 13.5. The highest BCUT2D eigenvalue weighted by molar-refractivity contribution is 7.14. The van der Waals surface area contributed by atoms with Gasteiger partial charge in [-0.3, -0.25) is 20.2 Å². The maximum Gasteiger partial charge on any atom is 0.270 e. The van der Waals surface area contributed by atoms with Crippen LogP contribution in [0.5, 0.6) is 0 Å². The van der Waals surface area contributed by atoms with Gasteiger partial charge in [-0.15, -0.1) is 11.3 Å². The number of nitro benzene ring substituents is 1. The molecule has 1 amide bonds. The van der Waals surface area contributed by atoms with Crippen molar-refractivity contribution in [1.29, 1.82) is 0 Å². The van der Waals surface area contributed by atoms with Crippen LogP contribution in [0.1, 0.15) is 34.3 Å². The Labute approximate surface area is 170 Å². The summed E-state index contributed by atoms with van der Waals surface area (Å²) in [5.41, 5.74) is 4.63. The Bertz CT molecular complexity index is 1080. The number of carbonyl (C=O) groups excluding carboxylic acids is 1. The third-order valence-electron chi connectivity index (χ3n) is 4.78. The van der Waals surface area contributed by atoms with Gasteiger partial charge in [0.1, 0.15) is 0 Å². The number of aryl methyl sites for hydroxylation is 2. The SMILES string of the molecule is O=C(Nc1nc(-c2ccc3c(c2)CCCC3)cs1)c1ccc([N+](=O)[O-])cc1Cl. The Balaban J connectivity index is 1.52. The number of nitrogens with one attached hydrogen (secondary N) is 1. The summed E-state index contributed by atoms with van der Waals surface area (Å²) in [5, 5.41) is 15.9. The van der Waals surface area contributed by atoms with Crippen LogP contribution in [0.15, 0.2) is 41.8 Å². The zero-order valence-electron chi connectivity index (χ0n) is 14.8. The smallest absolute Gasteiger partial charge is 0.270 e. The molecule has 0 bridgehead atoms. The fraction of sp³-hybridized carbons (Fsp3) is 0.200. The maximum atomic E-state index is 12.5. The van der Waals surface area contributed by atoms with Gasteiger partial charge in [0.05, 0.1) is 21.2 Å². The van der Waals surface area contributed by atoms with E-state index in [0.717, 1.165) is 30.2 Å². The number of amides is 1. The topological polar surface area (TPSA) is 85.1 Å². The molecule has 0 saturated carbocycles. The van der Waals surface area contributed by atoms with E-state index in [4.69, 9.17) is 11.6 Å². The second-order valence-corrected chi connectivity index (χ2v) is 7.87. The van der Waals surface area contributed by atoms with Gasteiger partial charge >= 0.3 is 0 Å². The Morgan fingerprint density at radius 2 is 1.93 bits per heavy atom. The molecule has 1 aromatic heterocycles. The second kappa shape index (κ2) is 7.69. The summed E-state index contributed by atoms with van der Waals surface area (Å²) in [7, 11) is 0. The first kappa shape index (κ1) is 18.6. The van der Waals surface area contributed by atoms with Gasteiger partial charge in [0.25, 0.3) is 11.6 Å². The molecular formula is C20H16ClN3O3S. The summed E-state index contributed by atoms with van der Waals surface area (Å²) >= 11 is 7.35. The van der Waals surface area contributed by atoms with Crippen LogP contribution < -0.4 is 5.32 Å². The summed E-state index contributed by atoms with van der Waals surface area (Å²) in [5.74, 6) is -0.453. The van der Waals surface area contributed by atoms with Gasteiger partial charge in [-0.1, -0.05) is 23.7 Å². The minimum atomic E-state index is -0.556. The van der Waals surface area contributed by atoms with Crippen LogP contribution in [0, 0.1) is 10.1 Å². The van der Waals surface area contributed by atoms with E-state index in [-0.39, 0.29) is 16.3 Å². The Kier molecular flexibility index (Phi) is 5.11. The predicted molar refractivity (Wildman–Crippen MR) is 110 cm³/mol. The van der Waals surface area contributed by atoms with Gasteiger partial charge in [0, 0.05) is 23.1 Å². The van der Waals surface area contributed by atoms with Crippen molar-refractivity contribution < 1.29 is 9.72 Å². The summed E-state index contributed by atoms with van der Waals surface area (Å²) < 4.78 is 0. The molecule has 1 N–H and O–H groups in total. The highest BCUT2D eigenvalue weighted by atomic mass is 35.5. The molecule has 28 heavy (non-hydrogen) atoms. The number of hydrogen-bond donors (Lipinski definition) is 1. The third-order valence-corrected chi connectivity index (χ3v) is 5.85. The zero-order chi connectivity index (χ0) is 19.7. The van der Waals surface area contributed by atoms with Crippen molar-refractivity contribution in [1.82, 2.24) is 4.98 Å². The molecule has 0 unspecified atom stereocenters. The largest absolute Gasteiger partial charge is 0.298 e. The third kappa shape index (κ3) is 3.76. The number of rotatable bonds is 4. The number of anilines is 1. The van der Waals surface area contributed by atoms with Crippen LogP contribution in [-0.4, -0.2) is 15.8 Å². The van der Waals surface area contributed by atoms with Crippen LogP contribution in [-0.2, 0) is 12.8 Å². The van der Waals surface area contributed by atoms with E-state index < -0.39 is 10.8 Å². The van der Waals surface area contributed by atoms with Crippen molar-refractivity contribution in [2.24, 2.45) is 0 Å². The van der Waals surface area contributed by atoms with Crippen LogP contribution in [0.25, 0.3) is 11.3 Å². The van der Waals surface area contributed by atoms with Crippen molar-refractivity contribution in [3.63, 3.8) is 0 Å². The molecule has 1 aliphatic rings. The molecule has 0 spiro atoms. The number of non-ortho nitro benzene ring substituents is 1. The minimum Gasteiger partial charge on any atom is -0.298 e. The molecule has 4 rings (SSSR count). The molecule has 2 aromatic carbocycles. The number of carbonyl (C=O) groups is 1. The summed E-state index contributed by atoms with van der Waals surface area (Å²) in [6.07, 6.45) is 4.68. The molecule has 0 atom stereocenters. The van der Waals surface area contributed by atoms with E-state index >= 15 is 0 Å². The molecule has 142 valence electrons. The molecule has 1 aliphatic carbocycles. The second-order valence-electron chi connectivity index (χ2n) is 6.60. The van der Waals surface area contributed by atoms with Crippen LogP contribution in [0.3, 0.4) is 0 Å². The lowest BCUT2D eigenvalue weighted by Gasteiger charge is -2.16. The van der Waals surface area contributed by atoms with Crippen LogP contribution in [0.4, 0.5) is 10.8 Å². The number of hydrogen-bond acceptors (Lipinski definition) is 5. The van der Waals surface area contributed by atoms with Crippen molar-refractivity contribution in [3.8, 4) is 11.3 Å². The molecule has 3 aromatic rings. The summed E-state index contributed by atoms with van der Waals surface area (Å²) in [6, 6.07) is 10.2. The highest BCUT2D eigenvalue weighted by Crippen LogP contribution is 2.30. The van der Waals surface area contributed by atoms with E-state index in [1.165, 1.54) is 47.4 Å². The number of nitro groups is 1. The molecule has 8 heteroatoms. The predicted octanol–water partition coefficient (Wildman–Crippen LogP) is 5.50. The Morgan fingerprint density at radius 3 is 2.68 bits per heavy atom. The number of aromatic nitrogens is 1. The van der Waals surface area contributed by atoms with Gasteiger partial charge in [-0.05, 0) is 48.9 Å². The first-order valence-corrected chi connectivity index (χ1v) is 10.1. The number of nitrogens with zero attached hydrogens (tertiary/aromatic N) is 2. The first-order valence-electron chi connectivity index (χ1n) is 8.84. The summed E-state index contributed by atoms with van der Waals surface area (Å²) in [6.45, 7) is 0. The number of benzene rings is 2. The van der Waals surface area contributed by atoms with Crippen LogP contribution >= 0.6 is 22.9 Å². The van der Waals surface area contributed by atoms with E-state index in [9.17, 15) is 14.9 Å². The Morgan fingerprint density at radius 1 is 1.14 bits per heavy atom. The van der Waals surface area contributed by atoms with Gasteiger partial charge in [0.15, 0.2) is 5.13 Å². The molecular weight excluding hydrogens is 398 g/mol. The molecule has 0 saturated heterocycles. The molecule has 6 nitrogen and oxygen atoms in total.